The summed E-state index contributed by atoms with van der Waals surface area (Å²) in [5, 5.41) is 11.3. The normalized spacial score (nSPS) is 9.95. The summed E-state index contributed by atoms with van der Waals surface area (Å²) < 4.78 is 5.10. The lowest BCUT2D eigenvalue weighted by molar-refractivity contribution is -0.139. The van der Waals surface area contributed by atoms with Crippen molar-refractivity contribution in [2.45, 2.75) is 0 Å². The number of para-hydroxylation sites is 2. The monoisotopic (exact) mass is 306 g/mol. The molecule has 0 unspecified atom stereocenters. The Balaban J connectivity index is 2.18. The largest absolute Gasteiger partial charge is 0.480 e. The molecule has 6 nitrogen and oxygen atoms in total. The Kier molecular flexibility index (Phi) is 4.73. The number of aromatic nitrogens is 1. The predicted octanol–water partition coefficient (Wildman–Crippen LogP) is 2.45. The zero-order valence-electron chi connectivity index (χ0n) is 10.7. The number of nitrogens with zero attached hydrogens (tertiary/aromatic N) is 1. The molecule has 108 valence electrons. The van der Waals surface area contributed by atoms with E-state index in [1.807, 2.05) is 0 Å². The predicted molar refractivity (Wildman–Crippen MR) is 76.8 cm³/mol. The fraction of sp³-hybridized carbons (Fsp3) is 0.0714. The minimum atomic E-state index is -1.11. The van der Waals surface area contributed by atoms with Crippen molar-refractivity contribution in [2.24, 2.45) is 0 Å². The van der Waals surface area contributed by atoms with E-state index in [2.05, 4.69) is 10.3 Å². The third kappa shape index (κ3) is 3.93. The number of benzene rings is 1. The number of ether oxygens (including phenoxy) is 1. The number of anilines is 1. The summed E-state index contributed by atoms with van der Waals surface area (Å²) in [7, 11) is 0. The number of amides is 1. The van der Waals surface area contributed by atoms with E-state index in [1.165, 1.54) is 12.3 Å². The lowest BCUT2D eigenvalue weighted by Crippen LogP contribution is -2.15. The molecule has 1 aromatic heterocycles. The maximum absolute atomic E-state index is 12.1. The first-order valence-corrected chi connectivity index (χ1v) is 6.31. The number of hydrogen-bond acceptors (Lipinski definition) is 4. The van der Waals surface area contributed by atoms with E-state index in [4.69, 9.17) is 21.4 Å². The van der Waals surface area contributed by atoms with Crippen molar-refractivity contribution in [3.05, 3.63) is 53.3 Å². The van der Waals surface area contributed by atoms with Gasteiger partial charge in [-0.15, -0.1) is 0 Å². The van der Waals surface area contributed by atoms with Gasteiger partial charge in [0.2, 0.25) is 0 Å². The quantitative estimate of drug-likeness (QED) is 0.828. The van der Waals surface area contributed by atoms with Gasteiger partial charge >= 0.3 is 5.97 Å². The van der Waals surface area contributed by atoms with Gasteiger partial charge in [-0.05, 0) is 24.3 Å². The number of carboxylic acids is 1. The molecule has 1 heterocycles. The van der Waals surface area contributed by atoms with Gasteiger partial charge in [-0.25, -0.2) is 9.78 Å². The summed E-state index contributed by atoms with van der Waals surface area (Å²) in [6.45, 7) is -0.499. The van der Waals surface area contributed by atoms with Crippen LogP contribution in [0.2, 0.25) is 5.15 Å². The number of aliphatic carboxylic acids is 1. The second-order valence-corrected chi connectivity index (χ2v) is 4.33. The van der Waals surface area contributed by atoms with E-state index in [9.17, 15) is 9.59 Å². The van der Waals surface area contributed by atoms with E-state index in [0.29, 0.717) is 5.69 Å². The Hall–Kier alpha value is -2.60. The van der Waals surface area contributed by atoms with Crippen molar-refractivity contribution in [3.8, 4) is 5.75 Å². The zero-order chi connectivity index (χ0) is 15.2. The molecule has 0 spiro atoms. The van der Waals surface area contributed by atoms with Crippen molar-refractivity contribution in [1.82, 2.24) is 4.98 Å². The molecule has 0 aliphatic heterocycles. The fourth-order valence-electron chi connectivity index (χ4n) is 1.58. The highest BCUT2D eigenvalue weighted by molar-refractivity contribution is 6.33. The number of carboxylic acid groups (broad SMARTS) is 1. The molecule has 0 bridgehead atoms. The van der Waals surface area contributed by atoms with Gasteiger partial charge in [0.1, 0.15) is 10.9 Å². The van der Waals surface area contributed by atoms with Gasteiger partial charge in [-0.2, -0.15) is 0 Å². The standard InChI is InChI=1S/C14H11ClN2O4/c15-13-9(4-3-7-16-13)14(20)17-10-5-1-2-6-11(10)21-8-12(18)19/h1-7H,8H2,(H,17,20)(H,18,19). The summed E-state index contributed by atoms with van der Waals surface area (Å²) in [5.74, 6) is -1.31. The number of halogens is 1. The molecule has 21 heavy (non-hydrogen) atoms. The summed E-state index contributed by atoms with van der Waals surface area (Å²) in [5.41, 5.74) is 0.566. The Morgan fingerprint density at radius 1 is 1.24 bits per heavy atom. The molecule has 0 saturated heterocycles. The highest BCUT2D eigenvalue weighted by Gasteiger charge is 2.13. The molecule has 0 fully saturated rings. The van der Waals surface area contributed by atoms with Gasteiger partial charge in [-0.1, -0.05) is 23.7 Å². The van der Waals surface area contributed by atoms with E-state index in [0.717, 1.165) is 0 Å². The van der Waals surface area contributed by atoms with Crippen LogP contribution in [0.1, 0.15) is 10.4 Å². The number of pyridine rings is 1. The van der Waals surface area contributed by atoms with Crippen LogP contribution in [0, 0.1) is 0 Å². The summed E-state index contributed by atoms with van der Waals surface area (Å²) in [4.78, 5) is 26.5. The zero-order valence-corrected chi connectivity index (χ0v) is 11.5. The van der Waals surface area contributed by atoms with Crippen molar-refractivity contribution in [2.75, 3.05) is 11.9 Å². The molecule has 0 radical (unpaired) electrons. The minimum absolute atomic E-state index is 0.0823. The number of rotatable bonds is 5. The van der Waals surface area contributed by atoms with Crippen molar-refractivity contribution < 1.29 is 19.4 Å². The number of nitrogens with one attached hydrogen (secondary N) is 1. The van der Waals surface area contributed by atoms with E-state index in [-0.39, 0.29) is 16.5 Å². The van der Waals surface area contributed by atoms with Gasteiger partial charge in [0.25, 0.3) is 5.91 Å². The molecular weight excluding hydrogens is 296 g/mol. The maximum Gasteiger partial charge on any atom is 0.341 e. The summed E-state index contributed by atoms with van der Waals surface area (Å²) in [6.07, 6.45) is 1.48. The highest BCUT2D eigenvalue weighted by atomic mass is 35.5. The van der Waals surface area contributed by atoms with Gasteiger partial charge in [0, 0.05) is 6.20 Å². The van der Waals surface area contributed by atoms with Crippen molar-refractivity contribution >= 4 is 29.2 Å². The van der Waals surface area contributed by atoms with Crippen LogP contribution in [0.4, 0.5) is 5.69 Å². The molecule has 0 aliphatic carbocycles. The van der Waals surface area contributed by atoms with Crippen LogP contribution >= 0.6 is 11.6 Å². The number of carbonyl (C=O) groups is 2. The van der Waals surface area contributed by atoms with E-state index < -0.39 is 18.5 Å². The molecule has 0 atom stereocenters. The van der Waals surface area contributed by atoms with Crippen LogP contribution in [-0.2, 0) is 4.79 Å². The smallest absolute Gasteiger partial charge is 0.341 e. The molecule has 7 heteroatoms. The fourth-order valence-corrected chi connectivity index (χ4v) is 1.79. The van der Waals surface area contributed by atoms with Crippen LogP contribution in [0.5, 0.6) is 5.75 Å². The molecule has 1 amide bonds. The topological polar surface area (TPSA) is 88.5 Å². The molecule has 2 aromatic rings. The SMILES string of the molecule is O=C(O)COc1ccccc1NC(=O)c1cccnc1Cl. The van der Waals surface area contributed by atoms with Crippen molar-refractivity contribution in [3.63, 3.8) is 0 Å². The first kappa shape index (κ1) is 14.8. The lowest BCUT2D eigenvalue weighted by atomic mass is 10.2. The average molecular weight is 307 g/mol. The van der Waals surface area contributed by atoms with Gasteiger partial charge in [-0.3, -0.25) is 4.79 Å². The lowest BCUT2D eigenvalue weighted by Gasteiger charge is -2.11. The Morgan fingerprint density at radius 3 is 2.71 bits per heavy atom. The molecule has 0 aliphatic rings. The number of hydrogen-bond donors (Lipinski definition) is 2. The van der Waals surface area contributed by atoms with Crippen LogP contribution in [0.25, 0.3) is 0 Å². The maximum atomic E-state index is 12.1. The summed E-state index contributed by atoms with van der Waals surface area (Å²) in [6, 6.07) is 9.64. The Labute approximate surface area is 125 Å². The highest BCUT2D eigenvalue weighted by Crippen LogP contribution is 2.25. The molecule has 2 rings (SSSR count). The second-order valence-electron chi connectivity index (χ2n) is 3.97. The van der Waals surface area contributed by atoms with E-state index >= 15 is 0 Å². The molecular formula is C14H11ClN2O4. The van der Waals surface area contributed by atoms with Crippen molar-refractivity contribution in [1.29, 1.82) is 0 Å². The minimum Gasteiger partial charge on any atom is -0.480 e. The Morgan fingerprint density at radius 2 is 2.00 bits per heavy atom. The summed E-state index contributed by atoms with van der Waals surface area (Å²) >= 11 is 5.85. The van der Waals surface area contributed by atoms with E-state index in [1.54, 1.807) is 30.3 Å². The van der Waals surface area contributed by atoms with Crippen LogP contribution in [-0.4, -0.2) is 28.6 Å². The third-order valence-electron chi connectivity index (χ3n) is 2.49. The molecule has 2 N–H and O–H groups in total. The average Bonchev–Trinajstić information content (AvgIpc) is 2.46. The van der Waals surface area contributed by atoms with Crippen LogP contribution in [0.15, 0.2) is 42.6 Å². The molecule has 1 aromatic carbocycles. The second kappa shape index (κ2) is 6.71. The molecule has 0 saturated carbocycles. The van der Waals surface area contributed by atoms with Crippen LogP contribution in [0.3, 0.4) is 0 Å². The van der Waals surface area contributed by atoms with Crippen LogP contribution < -0.4 is 10.1 Å². The number of carbonyl (C=O) groups excluding carboxylic acids is 1. The van der Waals surface area contributed by atoms with Gasteiger partial charge in [0.15, 0.2) is 6.61 Å². The first-order chi connectivity index (χ1) is 10.1. The first-order valence-electron chi connectivity index (χ1n) is 5.93. The van der Waals surface area contributed by atoms with Gasteiger partial charge in [0.05, 0.1) is 11.3 Å². The Bertz CT molecular complexity index is 676. The third-order valence-corrected chi connectivity index (χ3v) is 2.79. The van der Waals surface area contributed by atoms with Gasteiger partial charge < -0.3 is 15.2 Å².